The van der Waals surface area contributed by atoms with E-state index in [9.17, 15) is 0 Å². The number of aryl methyl sites for hydroxylation is 2. The zero-order chi connectivity index (χ0) is 22.4. The molecule has 2 nitrogen and oxygen atoms in total. The molecule has 0 saturated carbocycles. The van der Waals surface area contributed by atoms with Gasteiger partial charge >= 0.3 is 0 Å². The van der Waals surface area contributed by atoms with E-state index in [-0.39, 0.29) is 0 Å². The molecule has 0 aliphatic heterocycles. The van der Waals surface area contributed by atoms with E-state index in [1.54, 1.807) is 0 Å². The van der Waals surface area contributed by atoms with Crippen LogP contribution < -0.4 is 4.57 Å². The molecule has 0 unspecified atom stereocenters. The van der Waals surface area contributed by atoms with Crippen LogP contribution in [0.25, 0.3) is 59.8 Å². The van der Waals surface area contributed by atoms with Crippen LogP contribution in [-0.4, -0.2) is 4.40 Å². The molecule has 3 aromatic heterocycles. The number of hydrogen-bond acceptors (Lipinski definition) is 0. The van der Waals surface area contributed by atoms with Gasteiger partial charge in [0.05, 0.1) is 27.3 Å². The van der Waals surface area contributed by atoms with E-state index in [1.165, 1.54) is 70.9 Å². The molecule has 2 heteroatoms. The highest BCUT2D eigenvalue weighted by atomic mass is 15.0. The van der Waals surface area contributed by atoms with Gasteiger partial charge in [0.25, 0.3) is 0 Å². The molecule has 160 valence electrons. The van der Waals surface area contributed by atoms with Crippen LogP contribution in [0.1, 0.15) is 25.0 Å². The molecule has 0 aliphatic rings. The molecule has 0 fully saturated rings. The van der Waals surface area contributed by atoms with Gasteiger partial charge in [0.2, 0.25) is 5.52 Å². The summed E-state index contributed by atoms with van der Waals surface area (Å²) in [6.45, 7) is 6.87. The van der Waals surface area contributed by atoms with Crippen LogP contribution in [-0.2, 0) is 13.5 Å². The number of pyridine rings is 2. The maximum absolute atomic E-state index is 2.54. The summed E-state index contributed by atoms with van der Waals surface area (Å²) in [6.07, 6.45) is 3.33. The molecule has 4 aromatic carbocycles. The third-order valence-electron chi connectivity index (χ3n) is 7.50. The molecule has 0 spiro atoms. The van der Waals surface area contributed by atoms with Gasteiger partial charge in [-0.15, -0.1) is 0 Å². The van der Waals surface area contributed by atoms with Crippen molar-refractivity contribution in [3.8, 4) is 0 Å². The molecule has 0 aliphatic carbocycles. The Morgan fingerprint density at radius 3 is 2.42 bits per heavy atom. The van der Waals surface area contributed by atoms with Crippen molar-refractivity contribution >= 4 is 59.8 Å². The summed E-state index contributed by atoms with van der Waals surface area (Å²) in [5, 5.41) is 9.48. The molecule has 0 bridgehead atoms. The van der Waals surface area contributed by atoms with E-state index in [2.05, 4.69) is 110 Å². The quantitative estimate of drug-likeness (QED) is 0.154. The fourth-order valence-electron chi connectivity index (χ4n) is 6.16. The third-order valence-corrected chi connectivity index (χ3v) is 7.50. The summed E-state index contributed by atoms with van der Waals surface area (Å²) >= 11 is 0. The van der Waals surface area contributed by atoms with Gasteiger partial charge in [-0.2, -0.15) is 0 Å². The molecule has 0 amide bonds. The first-order chi connectivity index (χ1) is 16.0. The minimum absolute atomic E-state index is 0.620. The van der Waals surface area contributed by atoms with E-state index < -0.39 is 0 Å². The first-order valence-corrected chi connectivity index (χ1v) is 11.9. The number of rotatable bonds is 2. The topological polar surface area (TPSA) is 8.29 Å². The van der Waals surface area contributed by atoms with Crippen LogP contribution >= 0.6 is 0 Å². The second-order valence-electron chi connectivity index (χ2n) is 10.1. The van der Waals surface area contributed by atoms with Crippen molar-refractivity contribution in [3.05, 3.63) is 84.1 Å². The lowest BCUT2D eigenvalue weighted by Crippen LogP contribution is -2.29. The minimum Gasteiger partial charge on any atom is -0.307 e. The molecule has 0 N–H and O–H groups in total. The standard InChI is InChI=1S/C31H27N2/c1-18(2)16-20-8-7-10-21-23-14-15-32(4)31-28-19(3)12-13-24-22-9-5-6-11-26(22)33(30(24)28)27(29(23)31)17-25(20)21/h5-15,17-18H,16H2,1-4H3/q+1. The van der Waals surface area contributed by atoms with Crippen LogP contribution in [0.3, 0.4) is 0 Å². The zero-order valence-electron chi connectivity index (χ0n) is 19.6. The van der Waals surface area contributed by atoms with Gasteiger partial charge in [0.1, 0.15) is 7.05 Å². The average molecular weight is 428 g/mol. The van der Waals surface area contributed by atoms with E-state index >= 15 is 0 Å². The summed E-state index contributed by atoms with van der Waals surface area (Å²) in [5.74, 6) is 0.620. The van der Waals surface area contributed by atoms with Gasteiger partial charge in [-0.3, -0.25) is 0 Å². The lowest BCUT2D eigenvalue weighted by Gasteiger charge is -2.16. The van der Waals surface area contributed by atoms with Crippen molar-refractivity contribution in [1.82, 2.24) is 4.40 Å². The van der Waals surface area contributed by atoms with Gasteiger partial charge in [-0.25, -0.2) is 4.57 Å². The highest BCUT2D eigenvalue weighted by molar-refractivity contribution is 6.29. The average Bonchev–Trinajstić information content (AvgIpc) is 3.14. The Balaban J connectivity index is 1.88. The first-order valence-electron chi connectivity index (χ1n) is 11.9. The van der Waals surface area contributed by atoms with Crippen molar-refractivity contribution in [3.63, 3.8) is 0 Å². The lowest BCUT2D eigenvalue weighted by molar-refractivity contribution is -0.643. The van der Waals surface area contributed by atoms with Crippen molar-refractivity contribution in [1.29, 1.82) is 0 Å². The second kappa shape index (κ2) is 6.45. The fourth-order valence-corrected chi connectivity index (χ4v) is 6.16. The maximum atomic E-state index is 2.54. The second-order valence-corrected chi connectivity index (χ2v) is 10.1. The number of benzene rings is 4. The molecule has 3 heterocycles. The van der Waals surface area contributed by atoms with Gasteiger partial charge in [0.15, 0.2) is 6.20 Å². The summed E-state index contributed by atoms with van der Waals surface area (Å²) < 4.78 is 4.85. The number of nitrogens with zero attached hydrogens (tertiary/aromatic N) is 2. The summed E-state index contributed by atoms with van der Waals surface area (Å²) in [7, 11) is 2.19. The third kappa shape index (κ3) is 2.36. The largest absolute Gasteiger partial charge is 0.307 e. The first kappa shape index (κ1) is 18.9. The molecule has 0 radical (unpaired) electrons. The van der Waals surface area contributed by atoms with Crippen molar-refractivity contribution < 1.29 is 4.57 Å². The molecular weight excluding hydrogens is 400 g/mol. The molecule has 7 rings (SSSR count). The van der Waals surface area contributed by atoms with Crippen LogP contribution in [0.5, 0.6) is 0 Å². The Kier molecular flexibility index (Phi) is 3.69. The highest BCUT2D eigenvalue weighted by Gasteiger charge is 2.25. The summed E-state index contributed by atoms with van der Waals surface area (Å²) in [6, 6.07) is 25.1. The Morgan fingerprint density at radius 1 is 0.758 bits per heavy atom. The Morgan fingerprint density at radius 2 is 1.58 bits per heavy atom. The zero-order valence-corrected chi connectivity index (χ0v) is 19.6. The van der Waals surface area contributed by atoms with Crippen LogP contribution in [0.4, 0.5) is 0 Å². The number of fused-ring (bicyclic) bond motifs is 7. The normalized spacial score (nSPS) is 12.6. The van der Waals surface area contributed by atoms with Crippen LogP contribution in [0, 0.1) is 12.8 Å². The van der Waals surface area contributed by atoms with Crippen molar-refractivity contribution in [2.24, 2.45) is 13.0 Å². The minimum atomic E-state index is 0.620. The molecule has 0 atom stereocenters. The van der Waals surface area contributed by atoms with Crippen LogP contribution in [0.2, 0.25) is 0 Å². The molecular formula is C31H27N2+. The van der Waals surface area contributed by atoms with E-state index in [4.69, 9.17) is 0 Å². The molecule has 0 saturated heterocycles. The number of aromatic nitrogens is 2. The predicted octanol–water partition coefficient (Wildman–Crippen LogP) is 7.47. The van der Waals surface area contributed by atoms with Crippen LogP contribution in [0.15, 0.2) is 72.9 Å². The van der Waals surface area contributed by atoms with Gasteiger partial charge < -0.3 is 4.40 Å². The summed E-state index contributed by atoms with van der Waals surface area (Å²) in [5.41, 5.74) is 8.04. The smallest absolute Gasteiger partial charge is 0.224 e. The molecule has 7 aromatic rings. The van der Waals surface area contributed by atoms with E-state index in [0.29, 0.717) is 5.92 Å². The van der Waals surface area contributed by atoms with E-state index in [1.807, 2.05) is 0 Å². The Bertz CT molecular complexity index is 1890. The Hall–Kier alpha value is -3.65. The monoisotopic (exact) mass is 427 g/mol. The van der Waals surface area contributed by atoms with Crippen molar-refractivity contribution in [2.75, 3.05) is 0 Å². The van der Waals surface area contributed by atoms with Gasteiger partial charge in [-0.05, 0) is 53.3 Å². The van der Waals surface area contributed by atoms with Crippen molar-refractivity contribution in [2.45, 2.75) is 27.2 Å². The highest BCUT2D eigenvalue weighted by Crippen LogP contribution is 2.42. The van der Waals surface area contributed by atoms with E-state index in [0.717, 1.165) is 6.42 Å². The SMILES string of the molecule is Cc1ccc2c3ccccc3n3c4cc5c(CC(C)C)cccc5c5cc[n+](C)c(c1c23)c54. The lowest BCUT2D eigenvalue weighted by atomic mass is 9.92. The summed E-state index contributed by atoms with van der Waals surface area (Å²) in [4.78, 5) is 0. The predicted molar refractivity (Wildman–Crippen MR) is 141 cm³/mol. The van der Waals surface area contributed by atoms with Gasteiger partial charge in [0, 0.05) is 22.2 Å². The Labute approximate surface area is 193 Å². The number of para-hydroxylation sites is 1. The molecule has 33 heavy (non-hydrogen) atoms. The maximum Gasteiger partial charge on any atom is 0.224 e. The number of hydrogen-bond donors (Lipinski definition) is 0. The fraction of sp³-hybridized carbons (Fsp3) is 0.194. The van der Waals surface area contributed by atoms with Gasteiger partial charge in [-0.1, -0.05) is 62.4 Å².